The van der Waals surface area contributed by atoms with Crippen molar-refractivity contribution in [3.05, 3.63) is 80.7 Å². The highest BCUT2D eigenvalue weighted by atomic mass is 32.2. The minimum absolute atomic E-state index is 0.000397. The SMILES string of the molecule is COC(=O)C1=C(C)N=C2SC=C(CC(=O)NC3CCN(Cc4ccccc4)CC3)N2C1c1ccsc1. The standard InChI is InChI=1S/C27H30N4O3S2/c1-18-24(26(33)34-2)25(20-10-13-35-16-20)31-22(17-36-27(31)28-18)14-23(32)29-21-8-11-30(12-9-21)15-19-6-4-3-5-7-19/h3-7,10,13,16-17,21,25H,8-9,11-12,14-15H2,1-2H3,(H,29,32). The van der Waals surface area contributed by atoms with Gasteiger partial charge in [0.15, 0.2) is 5.17 Å². The van der Waals surface area contributed by atoms with E-state index in [0.717, 1.165) is 48.9 Å². The lowest BCUT2D eigenvalue weighted by atomic mass is 9.96. The third kappa shape index (κ3) is 5.28. The van der Waals surface area contributed by atoms with Gasteiger partial charge >= 0.3 is 5.97 Å². The molecule has 1 saturated heterocycles. The first-order valence-corrected chi connectivity index (χ1v) is 14.0. The first-order chi connectivity index (χ1) is 17.5. The number of benzene rings is 1. The van der Waals surface area contributed by atoms with Crippen molar-refractivity contribution in [1.82, 2.24) is 15.1 Å². The van der Waals surface area contributed by atoms with Crippen LogP contribution in [0.4, 0.5) is 0 Å². The Balaban J connectivity index is 1.22. The van der Waals surface area contributed by atoms with Crippen LogP contribution in [0.5, 0.6) is 0 Å². The molecule has 36 heavy (non-hydrogen) atoms. The van der Waals surface area contributed by atoms with Crippen LogP contribution in [-0.4, -0.2) is 53.1 Å². The zero-order valence-electron chi connectivity index (χ0n) is 20.5. The van der Waals surface area contributed by atoms with Crippen LogP contribution in [0.3, 0.4) is 0 Å². The molecule has 1 aromatic heterocycles. The second kappa shape index (κ2) is 11.0. The number of nitrogens with one attached hydrogen (secondary N) is 1. The van der Waals surface area contributed by atoms with E-state index in [4.69, 9.17) is 4.74 Å². The summed E-state index contributed by atoms with van der Waals surface area (Å²) in [5, 5.41) is 10.0. The van der Waals surface area contributed by atoms with Crippen molar-refractivity contribution < 1.29 is 14.3 Å². The van der Waals surface area contributed by atoms with Gasteiger partial charge in [0, 0.05) is 31.4 Å². The molecule has 0 spiro atoms. The van der Waals surface area contributed by atoms with E-state index in [1.165, 1.54) is 24.4 Å². The molecule has 3 aliphatic rings. The number of esters is 1. The quantitative estimate of drug-likeness (QED) is 0.533. The third-order valence-corrected chi connectivity index (χ3v) is 8.40. The number of nitrogens with zero attached hydrogens (tertiary/aromatic N) is 3. The number of thioether (sulfide) groups is 1. The number of aliphatic imine (C=N–C) groups is 1. The van der Waals surface area contributed by atoms with E-state index in [0.29, 0.717) is 11.3 Å². The Morgan fingerprint density at radius 1 is 1.17 bits per heavy atom. The fraction of sp³-hybridized carbons (Fsp3) is 0.370. The molecule has 0 bridgehead atoms. The van der Waals surface area contributed by atoms with E-state index in [2.05, 4.69) is 39.5 Å². The van der Waals surface area contributed by atoms with Crippen molar-refractivity contribution in [2.45, 2.75) is 44.8 Å². The summed E-state index contributed by atoms with van der Waals surface area (Å²) in [6.45, 7) is 4.72. The maximum absolute atomic E-state index is 13.1. The van der Waals surface area contributed by atoms with Gasteiger partial charge in [-0.25, -0.2) is 9.79 Å². The van der Waals surface area contributed by atoms with E-state index >= 15 is 0 Å². The molecule has 0 radical (unpaired) electrons. The summed E-state index contributed by atoms with van der Waals surface area (Å²) in [5.74, 6) is -0.394. The number of likely N-dealkylation sites (tertiary alicyclic amines) is 1. The average molecular weight is 523 g/mol. The molecule has 2 aromatic rings. The van der Waals surface area contributed by atoms with Gasteiger partial charge in [0.2, 0.25) is 5.91 Å². The minimum Gasteiger partial charge on any atom is -0.466 e. The maximum atomic E-state index is 13.1. The lowest BCUT2D eigenvalue weighted by Crippen LogP contribution is -2.45. The number of fused-ring (bicyclic) bond motifs is 1. The number of carbonyl (C=O) groups is 2. The summed E-state index contributed by atoms with van der Waals surface area (Å²) >= 11 is 3.07. The largest absolute Gasteiger partial charge is 0.466 e. The molecule has 0 aliphatic carbocycles. The van der Waals surface area contributed by atoms with Gasteiger partial charge < -0.3 is 15.0 Å². The molecule has 1 amide bonds. The summed E-state index contributed by atoms with van der Waals surface area (Å²) in [5.41, 5.74) is 4.33. The highest BCUT2D eigenvalue weighted by molar-refractivity contribution is 8.16. The molecule has 5 rings (SSSR count). The van der Waals surface area contributed by atoms with Gasteiger partial charge in [0.1, 0.15) is 0 Å². The number of amides is 1. The molecule has 188 valence electrons. The first kappa shape index (κ1) is 24.8. The Hall–Kier alpha value is -2.88. The first-order valence-electron chi connectivity index (χ1n) is 12.1. The molecule has 1 N–H and O–H groups in total. The van der Waals surface area contributed by atoms with Gasteiger partial charge in [0.05, 0.1) is 30.8 Å². The van der Waals surface area contributed by atoms with Gasteiger partial charge in [-0.1, -0.05) is 42.1 Å². The van der Waals surface area contributed by atoms with Crippen LogP contribution in [-0.2, 0) is 20.9 Å². The van der Waals surface area contributed by atoms with Crippen LogP contribution in [0.2, 0.25) is 0 Å². The fourth-order valence-electron chi connectivity index (χ4n) is 5.01. The second-order valence-corrected chi connectivity index (χ2v) is 10.8. The van der Waals surface area contributed by atoms with Gasteiger partial charge in [-0.15, -0.1) is 0 Å². The highest BCUT2D eigenvalue weighted by Crippen LogP contribution is 2.45. The van der Waals surface area contributed by atoms with Gasteiger partial charge in [-0.05, 0) is 53.1 Å². The summed E-state index contributed by atoms with van der Waals surface area (Å²) < 4.78 is 5.10. The minimum atomic E-state index is -0.394. The van der Waals surface area contributed by atoms with Crippen molar-refractivity contribution >= 4 is 40.1 Å². The van der Waals surface area contributed by atoms with Crippen molar-refractivity contribution in [2.75, 3.05) is 20.2 Å². The number of hydrogen-bond donors (Lipinski definition) is 1. The Morgan fingerprint density at radius 2 is 1.94 bits per heavy atom. The Kier molecular flexibility index (Phi) is 7.59. The van der Waals surface area contributed by atoms with Crippen LogP contribution in [0, 0.1) is 0 Å². The van der Waals surface area contributed by atoms with Gasteiger partial charge in [-0.2, -0.15) is 11.3 Å². The smallest absolute Gasteiger partial charge is 0.338 e. The maximum Gasteiger partial charge on any atom is 0.338 e. The summed E-state index contributed by atoms with van der Waals surface area (Å²) in [7, 11) is 1.39. The van der Waals surface area contributed by atoms with Crippen molar-refractivity contribution in [1.29, 1.82) is 0 Å². The van der Waals surface area contributed by atoms with E-state index < -0.39 is 5.97 Å². The fourth-order valence-corrected chi connectivity index (χ4v) is 6.65. The van der Waals surface area contributed by atoms with Gasteiger partial charge in [-0.3, -0.25) is 9.69 Å². The number of hydrogen-bond acceptors (Lipinski definition) is 8. The number of piperidine rings is 1. The Labute approximate surface area is 219 Å². The second-order valence-electron chi connectivity index (χ2n) is 9.22. The predicted molar refractivity (Wildman–Crippen MR) is 144 cm³/mol. The van der Waals surface area contributed by atoms with E-state index in [9.17, 15) is 9.59 Å². The predicted octanol–water partition coefficient (Wildman–Crippen LogP) is 4.67. The van der Waals surface area contributed by atoms with Crippen LogP contribution < -0.4 is 5.32 Å². The molecule has 1 atom stereocenters. The van der Waals surface area contributed by atoms with E-state index in [1.54, 1.807) is 11.3 Å². The highest BCUT2D eigenvalue weighted by Gasteiger charge is 2.41. The summed E-state index contributed by atoms with van der Waals surface area (Å²) in [6.07, 6.45) is 2.12. The number of allylic oxidation sites excluding steroid dienone is 1. The van der Waals surface area contributed by atoms with Crippen molar-refractivity contribution in [2.24, 2.45) is 4.99 Å². The van der Waals surface area contributed by atoms with Crippen LogP contribution >= 0.6 is 23.1 Å². The molecule has 1 unspecified atom stereocenters. The van der Waals surface area contributed by atoms with Crippen LogP contribution in [0.15, 0.2) is 74.5 Å². The summed E-state index contributed by atoms with van der Waals surface area (Å²) in [6, 6.07) is 12.3. The van der Waals surface area contributed by atoms with Crippen LogP contribution in [0.1, 0.15) is 43.4 Å². The average Bonchev–Trinajstić information content (AvgIpc) is 3.55. The van der Waals surface area contributed by atoms with Crippen molar-refractivity contribution in [3.8, 4) is 0 Å². The molecule has 4 heterocycles. The molecule has 1 aromatic carbocycles. The Bertz CT molecular complexity index is 1200. The van der Waals surface area contributed by atoms with Crippen molar-refractivity contribution in [3.63, 3.8) is 0 Å². The normalized spacial score (nSPS) is 20.6. The monoisotopic (exact) mass is 522 g/mol. The number of thiophene rings is 1. The Morgan fingerprint density at radius 3 is 2.64 bits per heavy atom. The molecule has 3 aliphatic heterocycles. The number of carbonyl (C=O) groups excluding carboxylic acids is 2. The molecule has 7 nitrogen and oxygen atoms in total. The molecular weight excluding hydrogens is 492 g/mol. The van der Waals surface area contributed by atoms with Gasteiger partial charge in [0.25, 0.3) is 0 Å². The summed E-state index contributed by atoms with van der Waals surface area (Å²) in [4.78, 5) is 35.0. The number of amidine groups is 1. The lowest BCUT2D eigenvalue weighted by molar-refractivity contribution is -0.136. The zero-order chi connectivity index (χ0) is 25.1. The molecular formula is C27H30N4O3S2. The van der Waals surface area contributed by atoms with E-state index in [-0.39, 0.29) is 24.4 Å². The number of ether oxygens (including phenoxy) is 1. The van der Waals surface area contributed by atoms with E-state index in [1.807, 2.05) is 40.1 Å². The molecule has 9 heteroatoms. The number of methoxy groups -OCH3 is 1. The third-order valence-electron chi connectivity index (χ3n) is 6.81. The van der Waals surface area contributed by atoms with Crippen LogP contribution in [0.25, 0.3) is 0 Å². The zero-order valence-corrected chi connectivity index (χ0v) is 22.1. The molecule has 1 fully saturated rings. The topological polar surface area (TPSA) is 74.2 Å². The number of rotatable bonds is 7. The molecule has 0 saturated carbocycles. The lowest BCUT2D eigenvalue weighted by Gasteiger charge is -2.36.